The molecule has 0 aromatic carbocycles. The highest BCUT2D eigenvalue weighted by Crippen LogP contribution is 2.25. The van der Waals surface area contributed by atoms with Gasteiger partial charge in [-0.2, -0.15) is 0 Å². The van der Waals surface area contributed by atoms with E-state index < -0.39 is 7.82 Å². The lowest BCUT2D eigenvalue weighted by Crippen LogP contribution is -2.13. The summed E-state index contributed by atoms with van der Waals surface area (Å²) in [4.78, 5) is 21.6. The fourth-order valence-electron chi connectivity index (χ4n) is 0.716. The van der Waals surface area contributed by atoms with E-state index in [9.17, 15) is 0 Å². The SMILES string of the molecule is CCCCCC(C)N.O=P(O)(O)O. The van der Waals surface area contributed by atoms with Crippen LogP contribution in [0.15, 0.2) is 0 Å². The third-order valence-electron chi connectivity index (χ3n) is 1.26. The van der Waals surface area contributed by atoms with Gasteiger partial charge in [0.05, 0.1) is 0 Å². The zero-order chi connectivity index (χ0) is 10.9. The maximum Gasteiger partial charge on any atom is 0.466 e. The molecule has 0 aromatic heterocycles. The highest BCUT2D eigenvalue weighted by Gasteiger charge is 2.00. The van der Waals surface area contributed by atoms with Gasteiger partial charge in [0.1, 0.15) is 0 Å². The Balaban J connectivity index is 0. The lowest BCUT2D eigenvalue weighted by molar-refractivity contribution is 0.275. The minimum Gasteiger partial charge on any atom is -0.328 e. The standard InChI is InChI=1S/C7H17N.H3O4P/c1-3-4-5-6-7(2)8;1-5(2,3)4/h7H,3-6,8H2,1-2H3;(H3,1,2,3,4). The summed E-state index contributed by atoms with van der Waals surface area (Å²) >= 11 is 0. The molecular formula is C7H20NO4P. The van der Waals surface area contributed by atoms with Crippen LogP contribution >= 0.6 is 7.82 Å². The molecule has 0 rings (SSSR count). The molecular weight excluding hydrogens is 193 g/mol. The van der Waals surface area contributed by atoms with E-state index in [2.05, 4.69) is 13.8 Å². The summed E-state index contributed by atoms with van der Waals surface area (Å²) in [6.45, 7) is 4.27. The van der Waals surface area contributed by atoms with Crippen LogP contribution < -0.4 is 5.73 Å². The average molecular weight is 213 g/mol. The third kappa shape index (κ3) is 47.6. The molecule has 0 saturated carbocycles. The Bertz CT molecular complexity index is 137. The molecule has 0 fully saturated rings. The van der Waals surface area contributed by atoms with E-state index in [1.54, 1.807) is 0 Å². The van der Waals surface area contributed by atoms with Gasteiger partial charge in [0.15, 0.2) is 0 Å². The number of nitrogens with two attached hydrogens (primary N) is 1. The first-order valence-electron chi connectivity index (χ1n) is 4.31. The summed E-state index contributed by atoms with van der Waals surface area (Å²) in [7, 11) is -4.64. The molecule has 0 amide bonds. The maximum atomic E-state index is 8.88. The number of hydrogen-bond acceptors (Lipinski definition) is 2. The van der Waals surface area contributed by atoms with E-state index in [4.69, 9.17) is 25.0 Å². The number of hydrogen-bond donors (Lipinski definition) is 4. The molecule has 0 saturated heterocycles. The highest BCUT2D eigenvalue weighted by molar-refractivity contribution is 7.45. The van der Waals surface area contributed by atoms with Crippen molar-refractivity contribution in [3.63, 3.8) is 0 Å². The fourth-order valence-corrected chi connectivity index (χ4v) is 0.716. The molecule has 0 aliphatic heterocycles. The van der Waals surface area contributed by atoms with Crippen LogP contribution in [0.2, 0.25) is 0 Å². The summed E-state index contributed by atoms with van der Waals surface area (Å²) in [6.07, 6.45) is 5.12. The van der Waals surface area contributed by atoms with Crippen LogP contribution in [0.25, 0.3) is 0 Å². The van der Waals surface area contributed by atoms with Crippen LogP contribution in [-0.2, 0) is 4.57 Å². The van der Waals surface area contributed by atoms with Crippen LogP contribution in [0.5, 0.6) is 0 Å². The molecule has 6 heteroatoms. The Labute approximate surface area is 79.2 Å². The van der Waals surface area contributed by atoms with Crippen molar-refractivity contribution in [2.24, 2.45) is 5.73 Å². The van der Waals surface area contributed by atoms with E-state index >= 15 is 0 Å². The van der Waals surface area contributed by atoms with E-state index in [-0.39, 0.29) is 0 Å². The minimum atomic E-state index is -4.64. The third-order valence-corrected chi connectivity index (χ3v) is 1.26. The second-order valence-corrected chi connectivity index (χ2v) is 4.01. The lowest BCUT2D eigenvalue weighted by Gasteiger charge is -2.01. The average Bonchev–Trinajstić information content (AvgIpc) is 1.83. The molecule has 1 atom stereocenters. The normalized spacial score (nSPS) is 13.1. The zero-order valence-corrected chi connectivity index (χ0v) is 9.07. The molecule has 0 aliphatic carbocycles. The topological polar surface area (TPSA) is 104 Å². The Morgan fingerprint density at radius 2 is 1.69 bits per heavy atom. The first-order chi connectivity index (χ1) is 5.77. The van der Waals surface area contributed by atoms with Crippen LogP contribution in [0.1, 0.15) is 39.5 Å². The molecule has 0 radical (unpaired) electrons. The molecule has 1 unspecified atom stereocenters. The quantitative estimate of drug-likeness (QED) is 0.411. The molecule has 5 N–H and O–H groups in total. The van der Waals surface area contributed by atoms with Crippen LogP contribution in [0.3, 0.4) is 0 Å². The lowest BCUT2D eigenvalue weighted by atomic mass is 10.1. The van der Waals surface area contributed by atoms with Gasteiger partial charge < -0.3 is 20.4 Å². The van der Waals surface area contributed by atoms with Crippen LogP contribution in [0, 0.1) is 0 Å². The van der Waals surface area contributed by atoms with Crippen molar-refractivity contribution in [1.29, 1.82) is 0 Å². The van der Waals surface area contributed by atoms with Gasteiger partial charge in [-0.05, 0) is 13.3 Å². The van der Waals surface area contributed by atoms with Crippen LogP contribution in [0.4, 0.5) is 0 Å². The van der Waals surface area contributed by atoms with Crippen LogP contribution in [-0.4, -0.2) is 20.7 Å². The Morgan fingerprint density at radius 3 is 1.92 bits per heavy atom. The number of phosphoric acid groups is 1. The monoisotopic (exact) mass is 213 g/mol. The summed E-state index contributed by atoms with van der Waals surface area (Å²) in [5.74, 6) is 0. The first-order valence-corrected chi connectivity index (χ1v) is 5.87. The van der Waals surface area contributed by atoms with Gasteiger partial charge in [0, 0.05) is 6.04 Å². The highest BCUT2D eigenvalue weighted by atomic mass is 31.2. The van der Waals surface area contributed by atoms with Crippen molar-refractivity contribution >= 4 is 7.82 Å². The van der Waals surface area contributed by atoms with Crippen molar-refractivity contribution < 1.29 is 19.2 Å². The van der Waals surface area contributed by atoms with Crippen molar-refractivity contribution in [3.8, 4) is 0 Å². The minimum absolute atomic E-state index is 0.404. The molecule has 0 aromatic rings. The van der Waals surface area contributed by atoms with Gasteiger partial charge in [0.25, 0.3) is 0 Å². The Morgan fingerprint density at radius 1 is 1.31 bits per heavy atom. The second kappa shape index (κ2) is 8.66. The Kier molecular flexibility index (Phi) is 10.3. The van der Waals surface area contributed by atoms with Gasteiger partial charge in [0.2, 0.25) is 0 Å². The number of rotatable bonds is 4. The molecule has 13 heavy (non-hydrogen) atoms. The number of unbranched alkanes of at least 4 members (excludes halogenated alkanes) is 2. The second-order valence-electron chi connectivity index (χ2n) is 2.99. The molecule has 0 aliphatic rings. The molecule has 0 bridgehead atoms. The predicted octanol–water partition coefficient (Wildman–Crippen LogP) is 0.985. The molecule has 0 heterocycles. The smallest absolute Gasteiger partial charge is 0.328 e. The first kappa shape index (κ1) is 15.5. The van der Waals surface area contributed by atoms with E-state index in [1.807, 2.05) is 0 Å². The predicted molar refractivity (Wildman–Crippen MR) is 52.1 cm³/mol. The summed E-state index contributed by atoms with van der Waals surface area (Å²) in [6, 6.07) is 0.404. The van der Waals surface area contributed by atoms with Gasteiger partial charge in [-0.15, -0.1) is 0 Å². The largest absolute Gasteiger partial charge is 0.466 e. The molecule has 82 valence electrons. The van der Waals surface area contributed by atoms with Crippen molar-refractivity contribution in [2.75, 3.05) is 0 Å². The summed E-state index contributed by atoms with van der Waals surface area (Å²) < 4.78 is 8.88. The summed E-state index contributed by atoms with van der Waals surface area (Å²) in [5, 5.41) is 0. The van der Waals surface area contributed by atoms with Crippen molar-refractivity contribution in [1.82, 2.24) is 0 Å². The Hall–Kier alpha value is 0.0700. The van der Waals surface area contributed by atoms with Gasteiger partial charge in [-0.3, -0.25) is 0 Å². The van der Waals surface area contributed by atoms with E-state index in [0.29, 0.717) is 6.04 Å². The van der Waals surface area contributed by atoms with Gasteiger partial charge in [-0.25, -0.2) is 4.57 Å². The molecule has 5 nitrogen and oxygen atoms in total. The van der Waals surface area contributed by atoms with E-state index in [1.165, 1.54) is 25.7 Å². The fraction of sp³-hybridized carbons (Fsp3) is 1.00. The van der Waals surface area contributed by atoms with E-state index in [0.717, 1.165) is 0 Å². The van der Waals surface area contributed by atoms with Crippen molar-refractivity contribution in [3.05, 3.63) is 0 Å². The van der Waals surface area contributed by atoms with Gasteiger partial charge in [-0.1, -0.05) is 26.2 Å². The zero-order valence-electron chi connectivity index (χ0n) is 8.18. The molecule has 0 spiro atoms. The maximum absolute atomic E-state index is 8.88. The van der Waals surface area contributed by atoms with Crippen molar-refractivity contribution in [2.45, 2.75) is 45.6 Å². The van der Waals surface area contributed by atoms with Gasteiger partial charge >= 0.3 is 7.82 Å². The summed E-state index contributed by atoms with van der Waals surface area (Å²) in [5.41, 5.74) is 5.53.